The van der Waals surface area contributed by atoms with Crippen molar-refractivity contribution in [2.24, 2.45) is 0 Å². The zero-order chi connectivity index (χ0) is 15.5. The molecule has 23 heavy (non-hydrogen) atoms. The first-order valence-electron chi connectivity index (χ1n) is 7.38. The van der Waals surface area contributed by atoms with Crippen molar-refractivity contribution in [3.63, 3.8) is 0 Å². The highest BCUT2D eigenvalue weighted by atomic mass is 15.2. The molecule has 0 radical (unpaired) electrons. The Labute approximate surface area is 132 Å². The summed E-state index contributed by atoms with van der Waals surface area (Å²) in [5.74, 6) is 1.64. The third-order valence-electron chi connectivity index (χ3n) is 3.57. The topological polar surface area (TPSA) is 91.4 Å². The fourth-order valence-electron chi connectivity index (χ4n) is 2.44. The number of para-hydroxylation sites is 1. The van der Waals surface area contributed by atoms with E-state index in [2.05, 4.69) is 47.9 Å². The number of rotatable bonds is 5. The van der Waals surface area contributed by atoms with Gasteiger partial charge in [0.25, 0.3) is 0 Å². The standard InChI is InChI=1S/C16H15N7/c1-2-4-13-11(3-1)5-6-14(22-13)17-7-8-18-15-12-9-21-23-16(12)20-10-19-15/h1-6,9-10H,7-8H2,(H,17,22)(H2,18,19,20,21,23). The van der Waals surface area contributed by atoms with E-state index in [0.717, 1.165) is 40.1 Å². The molecule has 0 fully saturated rings. The van der Waals surface area contributed by atoms with E-state index < -0.39 is 0 Å². The van der Waals surface area contributed by atoms with Gasteiger partial charge in [-0.15, -0.1) is 0 Å². The number of pyridine rings is 1. The van der Waals surface area contributed by atoms with Gasteiger partial charge in [-0.3, -0.25) is 5.10 Å². The van der Waals surface area contributed by atoms with Crippen LogP contribution in [0.1, 0.15) is 0 Å². The Kier molecular flexibility index (Phi) is 3.44. The van der Waals surface area contributed by atoms with Crippen molar-refractivity contribution in [1.29, 1.82) is 0 Å². The molecule has 3 N–H and O–H groups in total. The first-order chi connectivity index (χ1) is 11.4. The van der Waals surface area contributed by atoms with Crippen LogP contribution in [-0.4, -0.2) is 38.2 Å². The minimum absolute atomic E-state index is 0.714. The van der Waals surface area contributed by atoms with Gasteiger partial charge < -0.3 is 10.6 Å². The number of nitrogens with one attached hydrogen (secondary N) is 3. The third-order valence-corrected chi connectivity index (χ3v) is 3.57. The number of benzene rings is 1. The molecular formula is C16H15N7. The lowest BCUT2D eigenvalue weighted by atomic mass is 10.2. The molecule has 0 saturated heterocycles. The van der Waals surface area contributed by atoms with E-state index in [1.807, 2.05) is 24.3 Å². The van der Waals surface area contributed by atoms with Gasteiger partial charge >= 0.3 is 0 Å². The van der Waals surface area contributed by atoms with Gasteiger partial charge in [-0.05, 0) is 18.2 Å². The van der Waals surface area contributed by atoms with Crippen molar-refractivity contribution < 1.29 is 0 Å². The van der Waals surface area contributed by atoms with E-state index in [-0.39, 0.29) is 0 Å². The maximum atomic E-state index is 4.58. The van der Waals surface area contributed by atoms with Crippen LogP contribution in [0.15, 0.2) is 48.9 Å². The predicted molar refractivity (Wildman–Crippen MR) is 90.4 cm³/mol. The minimum Gasteiger partial charge on any atom is -0.368 e. The van der Waals surface area contributed by atoms with Crippen LogP contribution in [-0.2, 0) is 0 Å². The Morgan fingerprint density at radius 2 is 1.87 bits per heavy atom. The minimum atomic E-state index is 0.714. The molecule has 7 nitrogen and oxygen atoms in total. The molecule has 7 heteroatoms. The maximum Gasteiger partial charge on any atom is 0.160 e. The second kappa shape index (κ2) is 5.88. The lowest BCUT2D eigenvalue weighted by Gasteiger charge is -2.08. The fourth-order valence-corrected chi connectivity index (χ4v) is 2.44. The van der Waals surface area contributed by atoms with Gasteiger partial charge in [0.05, 0.1) is 17.1 Å². The summed E-state index contributed by atoms with van der Waals surface area (Å²) < 4.78 is 0. The molecule has 4 rings (SSSR count). The number of hydrogen-bond donors (Lipinski definition) is 3. The molecule has 0 aliphatic rings. The SMILES string of the molecule is c1ccc2nc(NCCNc3ncnc4[nH]ncc34)ccc2c1. The van der Waals surface area contributed by atoms with E-state index in [1.165, 1.54) is 6.33 Å². The number of fused-ring (bicyclic) bond motifs is 2. The number of anilines is 2. The molecule has 0 atom stereocenters. The zero-order valence-electron chi connectivity index (χ0n) is 12.3. The van der Waals surface area contributed by atoms with Crippen molar-refractivity contribution in [3.05, 3.63) is 48.9 Å². The number of aromatic nitrogens is 5. The van der Waals surface area contributed by atoms with E-state index in [0.29, 0.717) is 6.54 Å². The van der Waals surface area contributed by atoms with Gasteiger partial charge in [-0.2, -0.15) is 5.10 Å². The van der Waals surface area contributed by atoms with Crippen molar-refractivity contribution >= 4 is 33.6 Å². The van der Waals surface area contributed by atoms with E-state index in [1.54, 1.807) is 6.20 Å². The molecule has 0 bridgehead atoms. The molecule has 114 valence electrons. The summed E-state index contributed by atoms with van der Waals surface area (Å²) in [7, 11) is 0. The summed E-state index contributed by atoms with van der Waals surface area (Å²) in [6.07, 6.45) is 3.23. The molecule has 0 unspecified atom stereocenters. The second-order valence-corrected chi connectivity index (χ2v) is 5.10. The molecule has 0 amide bonds. The van der Waals surface area contributed by atoms with Gasteiger partial charge in [0.2, 0.25) is 0 Å². The number of aromatic amines is 1. The Balaban J connectivity index is 1.38. The van der Waals surface area contributed by atoms with Crippen molar-refractivity contribution in [2.75, 3.05) is 23.7 Å². The number of H-pyrrole nitrogens is 1. The van der Waals surface area contributed by atoms with Gasteiger partial charge in [0, 0.05) is 18.5 Å². The lowest BCUT2D eigenvalue weighted by molar-refractivity contribution is 1.04. The highest BCUT2D eigenvalue weighted by Crippen LogP contribution is 2.16. The predicted octanol–water partition coefficient (Wildman–Crippen LogP) is 2.43. The van der Waals surface area contributed by atoms with E-state index in [4.69, 9.17) is 0 Å². The van der Waals surface area contributed by atoms with Crippen molar-refractivity contribution in [2.45, 2.75) is 0 Å². The molecular weight excluding hydrogens is 290 g/mol. The van der Waals surface area contributed by atoms with Crippen LogP contribution in [0, 0.1) is 0 Å². The Bertz CT molecular complexity index is 947. The quantitative estimate of drug-likeness (QED) is 0.490. The zero-order valence-corrected chi connectivity index (χ0v) is 12.3. The largest absolute Gasteiger partial charge is 0.368 e. The monoisotopic (exact) mass is 305 g/mol. The van der Waals surface area contributed by atoms with Crippen LogP contribution in [0.4, 0.5) is 11.6 Å². The summed E-state index contributed by atoms with van der Waals surface area (Å²) in [4.78, 5) is 12.9. The van der Waals surface area contributed by atoms with E-state index >= 15 is 0 Å². The summed E-state index contributed by atoms with van der Waals surface area (Å²) in [5, 5.41) is 15.4. The van der Waals surface area contributed by atoms with E-state index in [9.17, 15) is 0 Å². The van der Waals surface area contributed by atoms with Crippen LogP contribution in [0.3, 0.4) is 0 Å². The molecule has 4 aromatic rings. The molecule has 0 spiro atoms. The number of nitrogens with zero attached hydrogens (tertiary/aromatic N) is 4. The third kappa shape index (κ3) is 2.76. The highest BCUT2D eigenvalue weighted by Gasteiger charge is 2.04. The average molecular weight is 305 g/mol. The molecule has 3 aromatic heterocycles. The summed E-state index contributed by atoms with van der Waals surface area (Å²) in [6.45, 7) is 1.44. The van der Waals surface area contributed by atoms with Crippen LogP contribution in [0.5, 0.6) is 0 Å². The molecule has 1 aromatic carbocycles. The van der Waals surface area contributed by atoms with Crippen LogP contribution in [0.25, 0.3) is 21.9 Å². The Hall–Kier alpha value is -3.22. The maximum absolute atomic E-state index is 4.58. The van der Waals surface area contributed by atoms with Gasteiger partial charge in [-0.25, -0.2) is 15.0 Å². The van der Waals surface area contributed by atoms with Crippen LogP contribution in [0.2, 0.25) is 0 Å². The average Bonchev–Trinajstić information content (AvgIpc) is 3.08. The molecule has 0 aliphatic carbocycles. The van der Waals surface area contributed by atoms with Crippen molar-refractivity contribution in [3.8, 4) is 0 Å². The van der Waals surface area contributed by atoms with Gasteiger partial charge in [-0.1, -0.05) is 18.2 Å². The Morgan fingerprint density at radius 3 is 2.87 bits per heavy atom. The summed E-state index contributed by atoms with van der Waals surface area (Å²) in [5.41, 5.74) is 1.72. The molecule has 3 heterocycles. The van der Waals surface area contributed by atoms with Gasteiger partial charge in [0.15, 0.2) is 5.65 Å². The van der Waals surface area contributed by atoms with Crippen LogP contribution >= 0.6 is 0 Å². The highest BCUT2D eigenvalue weighted by molar-refractivity contribution is 5.85. The second-order valence-electron chi connectivity index (χ2n) is 5.10. The molecule has 0 saturated carbocycles. The summed E-state index contributed by atoms with van der Waals surface area (Å²) >= 11 is 0. The Morgan fingerprint density at radius 1 is 0.957 bits per heavy atom. The van der Waals surface area contributed by atoms with Crippen LogP contribution < -0.4 is 10.6 Å². The smallest absolute Gasteiger partial charge is 0.160 e. The number of hydrogen-bond acceptors (Lipinski definition) is 6. The normalized spacial score (nSPS) is 11.0. The summed E-state index contributed by atoms with van der Waals surface area (Å²) in [6, 6.07) is 12.1. The molecule has 0 aliphatic heterocycles. The lowest BCUT2D eigenvalue weighted by Crippen LogP contribution is -2.15. The van der Waals surface area contributed by atoms with Crippen molar-refractivity contribution in [1.82, 2.24) is 25.1 Å². The first kappa shape index (κ1) is 13.4. The fraction of sp³-hybridized carbons (Fsp3) is 0.125. The van der Waals surface area contributed by atoms with Gasteiger partial charge in [0.1, 0.15) is 18.0 Å². The first-order valence-corrected chi connectivity index (χ1v) is 7.38.